The maximum atomic E-state index is 11.1. The minimum absolute atomic E-state index is 0.0535. The van der Waals surface area contributed by atoms with Crippen molar-refractivity contribution in [3.63, 3.8) is 0 Å². The molecule has 8 rings (SSSR count). The fraction of sp³-hybridized carbons (Fsp3) is 0.949. The molecule has 0 aromatic heterocycles. The van der Waals surface area contributed by atoms with Crippen molar-refractivity contribution in [1.29, 1.82) is 0 Å². The molecule has 8 aliphatic rings. The van der Waals surface area contributed by atoms with E-state index in [9.17, 15) is 30.6 Å². The molecule has 12 nitrogen and oxygen atoms in total. The van der Waals surface area contributed by atoms with Gasteiger partial charge >= 0.3 is 0 Å². The normalized spacial score (nSPS) is 58.4. The zero-order valence-electron chi connectivity index (χ0n) is 30.9. The van der Waals surface area contributed by atoms with E-state index in [1.807, 2.05) is 0 Å². The molecule has 4 heterocycles. The Labute approximate surface area is 301 Å². The standard InChI is InChI=1S/C39H62O12/c1-18-8-13-39(46-17-18)19(2)28-26(51-39)15-25-23-7-6-21-14-22(9-11-37(21,4)24(23)10-12-38(25,28)5)48-36-34(32(44)30(42)27(16-40)49-36)50-35-33(45)31(43)29(41)20(3)47-35/h6,18-20,22-36,40-45H,7-17H2,1-5H3/t18-,19+,20+,22+,23-,24+,25+,26+,27-,28+,29+,30-,31-,32+,33-,34-,35+,36-,37+,38+,39+/m1/s1. The molecule has 4 aliphatic carbocycles. The maximum Gasteiger partial charge on any atom is 0.187 e. The Balaban J connectivity index is 0.964. The van der Waals surface area contributed by atoms with Crippen LogP contribution in [0.15, 0.2) is 11.6 Å². The van der Waals surface area contributed by atoms with Crippen LogP contribution in [0.1, 0.15) is 92.4 Å². The lowest BCUT2D eigenvalue weighted by Gasteiger charge is -2.58. The van der Waals surface area contributed by atoms with Crippen LogP contribution in [-0.4, -0.2) is 123 Å². The van der Waals surface area contributed by atoms with Gasteiger partial charge in [-0.15, -0.1) is 0 Å². The van der Waals surface area contributed by atoms with Crippen molar-refractivity contribution in [3.8, 4) is 0 Å². The quantitative estimate of drug-likeness (QED) is 0.229. The second kappa shape index (κ2) is 13.5. The van der Waals surface area contributed by atoms with Crippen LogP contribution < -0.4 is 0 Å². The van der Waals surface area contributed by atoms with Crippen LogP contribution in [0.25, 0.3) is 0 Å². The number of allylic oxidation sites excluding steroid dienone is 1. The molecule has 0 unspecified atom stereocenters. The molecule has 0 radical (unpaired) electrons. The van der Waals surface area contributed by atoms with E-state index in [0.717, 1.165) is 38.7 Å². The van der Waals surface area contributed by atoms with Crippen molar-refractivity contribution in [2.24, 2.45) is 46.3 Å². The Morgan fingerprint density at radius 2 is 1.61 bits per heavy atom. The third kappa shape index (κ3) is 5.84. The fourth-order valence-corrected chi connectivity index (χ4v) is 12.5. The van der Waals surface area contributed by atoms with Crippen molar-refractivity contribution in [3.05, 3.63) is 11.6 Å². The van der Waals surface area contributed by atoms with Crippen molar-refractivity contribution in [2.45, 2.75) is 172 Å². The van der Waals surface area contributed by atoms with Crippen LogP contribution in [0, 0.1) is 46.3 Å². The summed E-state index contributed by atoms with van der Waals surface area (Å²) in [5.41, 5.74) is 1.70. The predicted molar refractivity (Wildman–Crippen MR) is 182 cm³/mol. The molecule has 51 heavy (non-hydrogen) atoms. The highest BCUT2D eigenvalue weighted by molar-refractivity contribution is 5.26. The van der Waals surface area contributed by atoms with Gasteiger partial charge in [-0.25, -0.2) is 0 Å². The first-order valence-corrected chi connectivity index (χ1v) is 19.8. The van der Waals surface area contributed by atoms with Crippen LogP contribution >= 0.6 is 0 Å². The Bertz CT molecular complexity index is 1300. The van der Waals surface area contributed by atoms with Gasteiger partial charge in [-0.1, -0.05) is 39.3 Å². The van der Waals surface area contributed by atoms with E-state index in [1.54, 1.807) is 0 Å². The number of rotatable bonds is 5. The minimum atomic E-state index is -1.61. The largest absolute Gasteiger partial charge is 0.394 e. The smallest absolute Gasteiger partial charge is 0.187 e. The van der Waals surface area contributed by atoms with Crippen LogP contribution in [0.4, 0.5) is 0 Å². The number of hydrogen-bond acceptors (Lipinski definition) is 12. The molecule has 6 N–H and O–H groups in total. The van der Waals surface area contributed by atoms with E-state index < -0.39 is 73.8 Å². The number of hydrogen-bond donors (Lipinski definition) is 6. The molecule has 4 aliphatic heterocycles. The van der Waals surface area contributed by atoms with E-state index >= 15 is 0 Å². The van der Waals surface area contributed by atoms with Crippen molar-refractivity contribution in [2.75, 3.05) is 13.2 Å². The molecule has 4 saturated heterocycles. The second-order valence-electron chi connectivity index (χ2n) is 18.3. The third-order valence-corrected chi connectivity index (χ3v) is 15.6. The molecule has 0 aromatic carbocycles. The highest BCUT2D eigenvalue weighted by Gasteiger charge is 2.68. The summed E-state index contributed by atoms with van der Waals surface area (Å²) in [5, 5.41) is 62.9. The summed E-state index contributed by atoms with van der Waals surface area (Å²) in [7, 11) is 0. The Kier molecular flexibility index (Phi) is 9.83. The lowest BCUT2D eigenvalue weighted by Crippen LogP contribution is -2.64. The van der Waals surface area contributed by atoms with E-state index in [0.29, 0.717) is 41.9 Å². The van der Waals surface area contributed by atoms with Crippen molar-refractivity contribution < 1.29 is 59.1 Å². The first-order valence-electron chi connectivity index (χ1n) is 19.8. The molecule has 7 fully saturated rings. The highest BCUT2D eigenvalue weighted by atomic mass is 16.8. The molecule has 0 aromatic rings. The first-order chi connectivity index (χ1) is 24.2. The monoisotopic (exact) mass is 722 g/mol. The SMILES string of the molecule is C[C@@H]1CC[C@]2(OC1)O[C@H]1C[C@H]3[C@@H]4CC=C5C[C@@H](O[C@@H]6O[C@H](CO)[C@@H](O)[C@H](O)[C@H]6O[C@@H]6O[C@@H](C)[C@H](O)[C@@H](O)[C@H]6O)CC[C@]5(C)[C@H]4CC[C@]3(C)[C@H]1[C@@H]2C. The van der Waals surface area contributed by atoms with E-state index in [1.165, 1.54) is 31.8 Å². The zero-order valence-corrected chi connectivity index (χ0v) is 30.9. The molecule has 1 spiro atoms. The summed E-state index contributed by atoms with van der Waals surface area (Å²) in [5.74, 6) is 2.92. The molecule has 12 heteroatoms. The predicted octanol–water partition coefficient (Wildman–Crippen LogP) is 2.39. The van der Waals surface area contributed by atoms with Crippen molar-refractivity contribution >= 4 is 0 Å². The summed E-state index contributed by atoms with van der Waals surface area (Å²) in [6.45, 7) is 11.5. The van der Waals surface area contributed by atoms with Gasteiger partial charge in [-0.2, -0.15) is 0 Å². The molecule has 21 atom stereocenters. The summed E-state index contributed by atoms with van der Waals surface area (Å²) in [4.78, 5) is 0. The third-order valence-electron chi connectivity index (χ3n) is 15.6. The first kappa shape index (κ1) is 37.2. The summed E-state index contributed by atoms with van der Waals surface area (Å²) in [6.07, 6.45) is -1.68. The zero-order chi connectivity index (χ0) is 36.2. The van der Waals surface area contributed by atoms with E-state index in [2.05, 4.69) is 33.8 Å². The van der Waals surface area contributed by atoms with E-state index in [4.69, 9.17) is 28.4 Å². The van der Waals surface area contributed by atoms with Gasteiger partial charge in [0.25, 0.3) is 0 Å². The topological polar surface area (TPSA) is 177 Å². The van der Waals surface area contributed by atoms with Gasteiger partial charge in [0, 0.05) is 12.3 Å². The van der Waals surface area contributed by atoms with Crippen LogP contribution in [0.2, 0.25) is 0 Å². The van der Waals surface area contributed by atoms with Crippen LogP contribution in [0.3, 0.4) is 0 Å². The van der Waals surface area contributed by atoms with Crippen molar-refractivity contribution in [1.82, 2.24) is 0 Å². The summed E-state index contributed by atoms with van der Waals surface area (Å²) in [6, 6.07) is 0. The molecular formula is C39H62O12. The Hall–Kier alpha value is -0.740. The lowest BCUT2D eigenvalue weighted by molar-refractivity contribution is -0.369. The van der Waals surface area contributed by atoms with Crippen LogP contribution in [-0.2, 0) is 28.4 Å². The van der Waals surface area contributed by atoms with Gasteiger partial charge in [-0.05, 0) is 98.7 Å². The van der Waals surface area contributed by atoms with Gasteiger partial charge in [0.05, 0.1) is 31.5 Å². The average molecular weight is 723 g/mol. The minimum Gasteiger partial charge on any atom is -0.394 e. The second-order valence-corrected chi connectivity index (χ2v) is 18.3. The average Bonchev–Trinajstić information content (AvgIpc) is 3.56. The van der Waals surface area contributed by atoms with Gasteiger partial charge < -0.3 is 59.1 Å². The van der Waals surface area contributed by atoms with Gasteiger partial charge in [-0.3, -0.25) is 0 Å². The highest BCUT2D eigenvalue weighted by Crippen LogP contribution is 2.70. The van der Waals surface area contributed by atoms with E-state index in [-0.39, 0.29) is 23.0 Å². The maximum absolute atomic E-state index is 11.1. The molecule has 3 saturated carbocycles. The molecule has 0 bridgehead atoms. The molecule has 0 amide bonds. The molecule has 290 valence electrons. The molecular weight excluding hydrogens is 660 g/mol. The fourth-order valence-electron chi connectivity index (χ4n) is 12.5. The van der Waals surface area contributed by atoms with Crippen LogP contribution in [0.5, 0.6) is 0 Å². The number of aliphatic hydroxyl groups is 6. The number of fused-ring (bicyclic) bond motifs is 7. The lowest BCUT2D eigenvalue weighted by atomic mass is 9.47. The number of aliphatic hydroxyl groups excluding tert-OH is 6. The van der Waals surface area contributed by atoms with Gasteiger partial charge in [0.2, 0.25) is 0 Å². The summed E-state index contributed by atoms with van der Waals surface area (Å²) < 4.78 is 37.6. The number of ether oxygens (including phenoxy) is 6. The Morgan fingerprint density at radius 1 is 0.824 bits per heavy atom. The Morgan fingerprint density at radius 3 is 2.33 bits per heavy atom. The summed E-state index contributed by atoms with van der Waals surface area (Å²) >= 11 is 0. The van der Waals surface area contributed by atoms with Gasteiger partial charge in [0.15, 0.2) is 18.4 Å². The van der Waals surface area contributed by atoms with Gasteiger partial charge in [0.1, 0.15) is 42.7 Å².